The maximum absolute atomic E-state index is 12.7. The monoisotopic (exact) mass is 511 g/mol. The van der Waals surface area contributed by atoms with Crippen molar-refractivity contribution < 1.29 is 19.4 Å². The van der Waals surface area contributed by atoms with Gasteiger partial charge in [0.15, 0.2) is 5.88 Å². The Morgan fingerprint density at radius 2 is 1.82 bits per heavy atom. The van der Waals surface area contributed by atoms with Crippen molar-refractivity contribution in [2.24, 2.45) is 4.99 Å². The molecule has 9 heteroatoms. The van der Waals surface area contributed by atoms with Crippen molar-refractivity contribution >= 4 is 34.2 Å². The van der Waals surface area contributed by atoms with E-state index in [-0.39, 0.29) is 11.8 Å². The van der Waals surface area contributed by atoms with Crippen LogP contribution in [-0.2, 0) is 16.0 Å². The number of aromatic amines is 1. The quantitative estimate of drug-likeness (QED) is 0.303. The van der Waals surface area contributed by atoms with E-state index in [9.17, 15) is 14.7 Å². The van der Waals surface area contributed by atoms with Gasteiger partial charge < -0.3 is 24.6 Å². The summed E-state index contributed by atoms with van der Waals surface area (Å²) >= 11 is 0. The lowest BCUT2D eigenvalue weighted by atomic mass is 10.0. The zero-order chi connectivity index (χ0) is 26.6. The van der Waals surface area contributed by atoms with Gasteiger partial charge in [0.25, 0.3) is 0 Å². The summed E-state index contributed by atoms with van der Waals surface area (Å²) in [7, 11) is 3.39. The Bertz CT molecular complexity index is 1490. The largest absolute Gasteiger partial charge is 0.494 e. The number of hydrogen-bond acceptors (Lipinski definition) is 7. The standard InChI is InChI=1S/C29H29N5O4/c1-33-12-14-34(15-13-33)25(35)16-19-5-8-22(9-6-19)31-27(21-4-3-11-30-18-21)26-23-10-7-20(29(37)38-2)17-24(23)32-28(26)36/h3-11,17-18,32,36H,12-16H2,1-2H3. The molecule has 0 aliphatic carbocycles. The SMILES string of the molecule is COC(=O)c1ccc2c(C(=Nc3ccc(CC(=O)N4CCN(C)CC4)cc3)c3cccnc3)c(O)[nH]c2c1. The van der Waals surface area contributed by atoms with Crippen LogP contribution in [-0.4, -0.2) is 82.8 Å². The highest BCUT2D eigenvalue weighted by atomic mass is 16.5. The van der Waals surface area contributed by atoms with Crippen molar-refractivity contribution in [3.63, 3.8) is 0 Å². The van der Waals surface area contributed by atoms with Crippen LogP contribution in [0.3, 0.4) is 0 Å². The number of fused-ring (bicyclic) bond motifs is 1. The van der Waals surface area contributed by atoms with Gasteiger partial charge in [0.1, 0.15) is 0 Å². The van der Waals surface area contributed by atoms with Gasteiger partial charge in [-0.05, 0) is 49.0 Å². The Kier molecular flexibility index (Phi) is 7.19. The van der Waals surface area contributed by atoms with Crippen LogP contribution in [0, 0.1) is 0 Å². The number of rotatable bonds is 6. The highest BCUT2D eigenvalue weighted by Gasteiger charge is 2.21. The molecule has 0 atom stereocenters. The molecule has 9 nitrogen and oxygen atoms in total. The Balaban J connectivity index is 1.47. The molecule has 0 saturated carbocycles. The summed E-state index contributed by atoms with van der Waals surface area (Å²) in [6, 6.07) is 16.3. The molecule has 1 saturated heterocycles. The molecule has 2 aromatic carbocycles. The first-order valence-electron chi connectivity index (χ1n) is 12.4. The second kappa shape index (κ2) is 10.9. The van der Waals surface area contributed by atoms with Gasteiger partial charge in [0.05, 0.1) is 36.1 Å². The van der Waals surface area contributed by atoms with Gasteiger partial charge in [0.2, 0.25) is 5.91 Å². The number of aromatic nitrogens is 2. The first-order chi connectivity index (χ1) is 18.4. The number of methoxy groups -OCH3 is 1. The van der Waals surface area contributed by atoms with E-state index in [2.05, 4.69) is 21.9 Å². The molecular formula is C29H29N5O4. The topological polar surface area (TPSA) is 111 Å². The molecular weight excluding hydrogens is 482 g/mol. The number of nitrogens with zero attached hydrogens (tertiary/aromatic N) is 4. The van der Waals surface area contributed by atoms with Gasteiger partial charge in [-0.2, -0.15) is 0 Å². The van der Waals surface area contributed by atoms with E-state index >= 15 is 0 Å². The fourth-order valence-corrected chi connectivity index (χ4v) is 4.60. The second-order valence-corrected chi connectivity index (χ2v) is 9.33. The maximum Gasteiger partial charge on any atom is 0.337 e. The lowest BCUT2D eigenvalue weighted by Gasteiger charge is -2.32. The summed E-state index contributed by atoms with van der Waals surface area (Å²) in [6.07, 6.45) is 3.70. The number of carbonyl (C=O) groups is 2. The summed E-state index contributed by atoms with van der Waals surface area (Å²) in [5.41, 5.74) is 4.27. The molecule has 2 aromatic heterocycles. The number of pyridine rings is 1. The Hall–Kier alpha value is -4.50. The van der Waals surface area contributed by atoms with Crippen molar-refractivity contribution in [3.8, 4) is 5.88 Å². The van der Waals surface area contributed by atoms with Crippen molar-refractivity contribution in [1.29, 1.82) is 0 Å². The molecule has 1 amide bonds. The lowest BCUT2D eigenvalue weighted by Crippen LogP contribution is -2.47. The Morgan fingerprint density at radius 3 is 2.50 bits per heavy atom. The van der Waals surface area contributed by atoms with Gasteiger partial charge in [-0.15, -0.1) is 0 Å². The lowest BCUT2D eigenvalue weighted by molar-refractivity contribution is -0.132. The third-order valence-corrected chi connectivity index (χ3v) is 6.76. The van der Waals surface area contributed by atoms with Crippen LogP contribution in [0.2, 0.25) is 0 Å². The molecule has 194 valence electrons. The number of benzene rings is 2. The maximum atomic E-state index is 12.7. The highest BCUT2D eigenvalue weighted by Crippen LogP contribution is 2.32. The predicted molar refractivity (Wildman–Crippen MR) is 145 cm³/mol. The molecule has 2 N–H and O–H groups in total. The Morgan fingerprint density at radius 1 is 1.05 bits per heavy atom. The first kappa shape index (κ1) is 25.2. The number of aliphatic imine (C=N–C) groups is 1. The van der Waals surface area contributed by atoms with Crippen LogP contribution >= 0.6 is 0 Å². The molecule has 0 bridgehead atoms. The van der Waals surface area contributed by atoms with E-state index in [0.29, 0.717) is 39.8 Å². The molecule has 3 heterocycles. The number of hydrogen-bond donors (Lipinski definition) is 2. The molecule has 4 aromatic rings. The van der Waals surface area contributed by atoms with Crippen LogP contribution in [0.4, 0.5) is 5.69 Å². The number of amides is 1. The average Bonchev–Trinajstić information content (AvgIpc) is 3.27. The molecule has 5 rings (SSSR count). The fraction of sp³-hybridized carbons (Fsp3) is 0.241. The van der Waals surface area contributed by atoms with E-state index in [1.165, 1.54) is 7.11 Å². The third kappa shape index (κ3) is 5.28. The first-order valence-corrected chi connectivity index (χ1v) is 12.4. The van der Waals surface area contributed by atoms with Crippen molar-refractivity contribution in [2.75, 3.05) is 40.3 Å². The van der Waals surface area contributed by atoms with Gasteiger partial charge in [0, 0.05) is 55.0 Å². The van der Waals surface area contributed by atoms with Gasteiger partial charge in [-0.1, -0.05) is 18.2 Å². The zero-order valence-corrected chi connectivity index (χ0v) is 21.3. The van der Waals surface area contributed by atoms with E-state index < -0.39 is 5.97 Å². The summed E-state index contributed by atoms with van der Waals surface area (Å²) in [4.78, 5) is 40.9. The van der Waals surface area contributed by atoms with E-state index in [0.717, 1.165) is 37.3 Å². The van der Waals surface area contributed by atoms with Crippen molar-refractivity contribution in [1.82, 2.24) is 19.8 Å². The minimum Gasteiger partial charge on any atom is -0.494 e. The van der Waals surface area contributed by atoms with Crippen LogP contribution < -0.4 is 0 Å². The number of ether oxygens (including phenoxy) is 1. The molecule has 0 spiro atoms. The average molecular weight is 512 g/mol. The number of H-pyrrole nitrogens is 1. The minimum absolute atomic E-state index is 0.0704. The number of carbonyl (C=O) groups excluding carboxylic acids is 2. The van der Waals surface area contributed by atoms with Crippen LogP contribution in [0.25, 0.3) is 10.9 Å². The zero-order valence-electron chi connectivity index (χ0n) is 21.3. The minimum atomic E-state index is -0.463. The second-order valence-electron chi connectivity index (χ2n) is 9.33. The number of piperazine rings is 1. The molecule has 0 radical (unpaired) electrons. The van der Waals surface area contributed by atoms with E-state index in [1.54, 1.807) is 36.7 Å². The van der Waals surface area contributed by atoms with Gasteiger partial charge in [-0.25, -0.2) is 9.79 Å². The smallest absolute Gasteiger partial charge is 0.337 e. The summed E-state index contributed by atoms with van der Waals surface area (Å²) in [5, 5.41) is 11.6. The third-order valence-electron chi connectivity index (χ3n) is 6.76. The number of nitrogens with one attached hydrogen (secondary N) is 1. The molecule has 1 fully saturated rings. The summed E-state index contributed by atoms with van der Waals surface area (Å²) in [6.45, 7) is 3.28. The van der Waals surface area contributed by atoms with E-state index in [1.807, 2.05) is 35.2 Å². The number of likely N-dealkylation sites (N-methyl/N-ethyl adjacent to an activating group) is 1. The molecule has 1 aliphatic rings. The predicted octanol–water partition coefficient (Wildman–Crippen LogP) is 3.54. The van der Waals surface area contributed by atoms with Crippen molar-refractivity contribution in [2.45, 2.75) is 6.42 Å². The summed E-state index contributed by atoms with van der Waals surface area (Å²) in [5.74, 6) is -0.408. The molecule has 0 unspecified atom stereocenters. The van der Waals surface area contributed by atoms with Gasteiger partial charge in [-0.3, -0.25) is 9.78 Å². The fourth-order valence-electron chi connectivity index (χ4n) is 4.60. The van der Waals surface area contributed by atoms with Crippen LogP contribution in [0.1, 0.15) is 27.0 Å². The van der Waals surface area contributed by atoms with Gasteiger partial charge >= 0.3 is 5.97 Å². The normalized spacial score (nSPS) is 14.6. The number of esters is 1. The van der Waals surface area contributed by atoms with E-state index in [4.69, 9.17) is 9.73 Å². The van der Waals surface area contributed by atoms with Crippen LogP contribution in [0.5, 0.6) is 5.88 Å². The Labute approximate surface area is 220 Å². The molecule has 38 heavy (non-hydrogen) atoms. The molecule has 1 aliphatic heterocycles. The van der Waals surface area contributed by atoms with Crippen LogP contribution in [0.15, 0.2) is 72.0 Å². The number of aromatic hydroxyl groups is 1. The van der Waals surface area contributed by atoms with Crippen molar-refractivity contribution in [3.05, 3.63) is 89.2 Å². The summed E-state index contributed by atoms with van der Waals surface area (Å²) < 4.78 is 4.82. The highest BCUT2D eigenvalue weighted by molar-refractivity contribution is 6.22.